The Balaban J connectivity index is 1.63. The summed E-state index contributed by atoms with van der Waals surface area (Å²) < 4.78 is 36.2. The van der Waals surface area contributed by atoms with E-state index in [1.807, 2.05) is 48.5 Å². The summed E-state index contributed by atoms with van der Waals surface area (Å²) in [5.41, 5.74) is 2.22. The van der Waals surface area contributed by atoms with Gasteiger partial charge in [0, 0.05) is 32.7 Å². The lowest BCUT2D eigenvalue weighted by molar-refractivity contribution is 0.182. The Morgan fingerprint density at radius 1 is 0.926 bits per heavy atom. The minimum absolute atomic E-state index is 0.480. The predicted octanol–water partition coefficient (Wildman–Crippen LogP) is 2.35. The van der Waals surface area contributed by atoms with Crippen LogP contribution < -0.4 is 9.47 Å². The van der Waals surface area contributed by atoms with Crippen LogP contribution in [0.1, 0.15) is 11.1 Å². The van der Waals surface area contributed by atoms with E-state index in [0.717, 1.165) is 30.8 Å². The van der Waals surface area contributed by atoms with Crippen LogP contribution in [-0.2, 0) is 23.2 Å². The predicted molar refractivity (Wildman–Crippen MR) is 105 cm³/mol. The molecule has 146 valence electrons. The zero-order valence-corrected chi connectivity index (χ0v) is 16.6. The molecule has 0 spiro atoms. The fourth-order valence-corrected chi connectivity index (χ4v) is 3.97. The summed E-state index contributed by atoms with van der Waals surface area (Å²) in [6.45, 7) is 3.74. The molecule has 1 aliphatic rings. The first-order valence-corrected chi connectivity index (χ1v) is 10.8. The number of hydrogen-bond acceptors (Lipinski definition) is 5. The molecule has 27 heavy (non-hydrogen) atoms. The molecule has 0 amide bonds. The minimum atomic E-state index is -3.10. The third-order valence-electron chi connectivity index (χ3n) is 4.67. The molecule has 2 aromatic rings. The van der Waals surface area contributed by atoms with Crippen LogP contribution in [0.5, 0.6) is 11.5 Å². The molecule has 1 heterocycles. The van der Waals surface area contributed by atoms with Crippen LogP contribution in [0.25, 0.3) is 0 Å². The number of piperazine rings is 1. The summed E-state index contributed by atoms with van der Waals surface area (Å²) in [7, 11) is -1.47. The van der Waals surface area contributed by atoms with E-state index in [9.17, 15) is 8.42 Å². The summed E-state index contributed by atoms with van der Waals surface area (Å²) in [5.74, 6) is 1.42. The van der Waals surface area contributed by atoms with E-state index < -0.39 is 10.0 Å². The van der Waals surface area contributed by atoms with Gasteiger partial charge in [0.25, 0.3) is 0 Å². The standard InChI is InChI=1S/C20H26N2O4S/c1-25-19-9-8-18(14-20(19)26-16-17-6-4-3-5-7-17)15-21-10-12-22(13-11-21)27(2,23)24/h3-9,14H,10-13,15-16H2,1-2H3. The summed E-state index contributed by atoms with van der Waals surface area (Å²) >= 11 is 0. The van der Waals surface area contributed by atoms with E-state index in [0.29, 0.717) is 31.2 Å². The van der Waals surface area contributed by atoms with Crippen LogP contribution in [0.3, 0.4) is 0 Å². The average Bonchev–Trinajstić information content (AvgIpc) is 2.67. The van der Waals surface area contributed by atoms with Crippen LogP contribution >= 0.6 is 0 Å². The lowest BCUT2D eigenvalue weighted by Crippen LogP contribution is -2.47. The van der Waals surface area contributed by atoms with E-state index in [4.69, 9.17) is 9.47 Å². The number of hydrogen-bond donors (Lipinski definition) is 0. The third-order valence-corrected chi connectivity index (χ3v) is 5.97. The van der Waals surface area contributed by atoms with E-state index >= 15 is 0 Å². The molecule has 0 radical (unpaired) electrons. The Labute approximate surface area is 161 Å². The molecule has 0 atom stereocenters. The molecule has 0 N–H and O–H groups in total. The second-order valence-electron chi connectivity index (χ2n) is 6.70. The molecule has 0 aliphatic carbocycles. The third kappa shape index (κ3) is 5.45. The van der Waals surface area contributed by atoms with Crippen molar-refractivity contribution in [3.63, 3.8) is 0 Å². The van der Waals surface area contributed by atoms with Gasteiger partial charge in [-0.2, -0.15) is 4.31 Å². The zero-order chi connectivity index (χ0) is 19.3. The maximum absolute atomic E-state index is 11.6. The van der Waals surface area contributed by atoms with Gasteiger partial charge in [0.05, 0.1) is 13.4 Å². The topological polar surface area (TPSA) is 59.1 Å². The smallest absolute Gasteiger partial charge is 0.211 e. The fourth-order valence-electron chi connectivity index (χ4n) is 3.15. The number of benzene rings is 2. The van der Waals surface area contributed by atoms with Gasteiger partial charge in [-0.05, 0) is 23.3 Å². The van der Waals surface area contributed by atoms with Crippen molar-refractivity contribution in [1.82, 2.24) is 9.21 Å². The van der Waals surface area contributed by atoms with E-state index in [1.54, 1.807) is 7.11 Å². The summed E-state index contributed by atoms with van der Waals surface area (Å²) in [4.78, 5) is 2.25. The van der Waals surface area contributed by atoms with Crippen LogP contribution in [0.4, 0.5) is 0 Å². The molecular formula is C20H26N2O4S. The van der Waals surface area contributed by atoms with Gasteiger partial charge in [0.15, 0.2) is 11.5 Å². The maximum atomic E-state index is 11.6. The second kappa shape index (κ2) is 8.73. The Hall–Kier alpha value is -2.09. The highest BCUT2D eigenvalue weighted by atomic mass is 32.2. The van der Waals surface area contributed by atoms with Crippen molar-refractivity contribution >= 4 is 10.0 Å². The van der Waals surface area contributed by atoms with Crippen molar-refractivity contribution < 1.29 is 17.9 Å². The maximum Gasteiger partial charge on any atom is 0.211 e. The molecule has 0 bridgehead atoms. The van der Waals surface area contributed by atoms with Crippen molar-refractivity contribution in [1.29, 1.82) is 0 Å². The van der Waals surface area contributed by atoms with Crippen molar-refractivity contribution in [2.24, 2.45) is 0 Å². The molecular weight excluding hydrogens is 364 g/mol. The molecule has 1 saturated heterocycles. The Morgan fingerprint density at radius 2 is 1.63 bits per heavy atom. The van der Waals surface area contributed by atoms with Gasteiger partial charge in [-0.25, -0.2) is 8.42 Å². The van der Waals surface area contributed by atoms with Crippen molar-refractivity contribution in [3.05, 3.63) is 59.7 Å². The van der Waals surface area contributed by atoms with Gasteiger partial charge < -0.3 is 9.47 Å². The van der Waals surface area contributed by atoms with Crippen LogP contribution in [-0.4, -0.2) is 57.2 Å². The SMILES string of the molecule is COc1ccc(CN2CCN(S(C)(=O)=O)CC2)cc1OCc1ccccc1. The zero-order valence-electron chi connectivity index (χ0n) is 15.8. The molecule has 0 aromatic heterocycles. The van der Waals surface area contributed by atoms with E-state index in [2.05, 4.69) is 4.90 Å². The molecule has 0 unspecified atom stereocenters. The van der Waals surface area contributed by atoms with Gasteiger partial charge in [0.2, 0.25) is 10.0 Å². The number of nitrogens with zero attached hydrogens (tertiary/aromatic N) is 2. The number of rotatable bonds is 7. The molecule has 2 aromatic carbocycles. The number of ether oxygens (including phenoxy) is 2. The molecule has 1 fully saturated rings. The monoisotopic (exact) mass is 390 g/mol. The normalized spacial score (nSPS) is 16.2. The van der Waals surface area contributed by atoms with Crippen LogP contribution in [0.2, 0.25) is 0 Å². The number of methoxy groups -OCH3 is 1. The lowest BCUT2D eigenvalue weighted by Gasteiger charge is -2.33. The van der Waals surface area contributed by atoms with Gasteiger partial charge in [0.1, 0.15) is 6.61 Å². The Morgan fingerprint density at radius 3 is 2.26 bits per heavy atom. The summed E-state index contributed by atoms with van der Waals surface area (Å²) in [6.07, 6.45) is 1.27. The fraction of sp³-hybridized carbons (Fsp3) is 0.400. The Kier molecular flexibility index (Phi) is 6.36. The molecule has 0 saturated carbocycles. The van der Waals surface area contributed by atoms with Crippen molar-refractivity contribution in [2.75, 3.05) is 39.5 Å². The Bertz CT molecular complexity index is 848. The van der Waals surface area contributed by atoms with Gasteiger partial charge in [-0.15, -0.1) is 0 Å². The minimum Gasteiger partial charge on any atom is -0.493 e. The lowest BCUT2D eigenvalue weighted by atomic mass is 10.1. The first kappa shape index (κ1) is 19.7. The van der Waals surface area contributed by atoms with E-state index in [1.165, 1.54) is 10.6 Å². The van der Waals surface area contributed by atoms with Crippen molar-refractivity contribution in [3.8, 4) is 11.5 Å². The summed E-state index contributed by atoms with van der Waals surface area (Å²) in [5, 5.41) is 0. The first-order chi connectivity index (χ1) is 13.0. The van der Waals surface area contributed by atoms with Gasteiger partial charge in [-0.1, -0.05) is 36.4 Å². The average molecular weight is 391 g/mol. The molecule has 1 aliphatic heterocycles. The highest BCUT2D eigenvalue weighted by molar-refractivity contribution is 7.88. The number of sulfonamides is 1. The molecule has 3 rings (SSSR count). The highest BCUT2D eigenvalue weighted by Gasteiger charge is 2.23. The van der Waals surface area contributed by atoms with E-state index in [-0.39, 0.29) is 0 Å². The summed E-state index contributed by atoms with van der Waals surface area (Å²) in [6, 6.07) is 16.0. The quantitative estimate of drug-likeness (QED) is 0.726. The largest absolute Gasteiger partial charge is 0.493 e. The van der Waals surface area contributed by atoms with Gasteiger partial charge >= 0.3 is 0 Å². The second-order valence-corrected chi connectivity index (χ2v) is 8.68. The highest BCUT2D eigenvalue weighted by Crippen LogP contribution is 2.29. The van der Waals surface area contributed by atoms with Crippen LogP contribution in [0.15, 0.2) is 48.5 Å². The van der Waals surface area contributed by atoms with Gasteiger partial charge in [-0.3, -0.25) is 4.90 Å². The van der Waals surface area contributed by atoms with Crippen LogP contribution in [0, 0.1) is 0 Å². The van der Waals surface area contributed by atoms with Crippen molar-refractivity contribution in [2.45, 2.75) is 13.2 Å². The molecule has 6 nitrogen and oxygen atoms in total. The molecule has 7 heteroatoms. The first-order valence-electron chi connectivity index (χ1n) is 8.97.